The topological polar surface area (TPSA) is 6.48 Å². The summed E-state index contributed by atoms with van der Waals surface area (Å²) >= 11 is 0. The van der Waals surface area contributed by atoms with Crippen molar-refractivity contribution in [3.8, 4) is 0 Å². The summed E-state index contributed by atoms with van der Waals surface area (Å²) in [6.07, 6.45) is 1.72. The average molecular weight is 188 g/mol. The Bertz CT molecular complexity index is 161. The molecule has 2 nitrogen and oxygen atoms in total. The first-order valence-electron chi connectivity index (χ1n) is 5.12. The predicted octanol–water partition coefficient (Wildman–Crippen LogP) is 1.37. The van der Waals surface area contributed by atoms with Crippen LogP contribution in [0.2, 0.25) is 0 Å². The predicted molar refractivity (Wildman–Crippen MR) is 53.7 cm³/mol. The highest BCUT2D eigenvalue weighted by Gasteiger charge is 2.35. The number of halogens is 1. The fourth-order valence-electron chi connectivity index (χ4n) is 2.14. The van der Waals surface area contributed by atoms with Gasteiger partial charge in [-0.2, -0.15) is 0 Å². The highest BCUT2D eigenvalue weighted by Crippen LogP contribution is 2.25. The molecule has 3 heteroatoms. The van der Waals surface area contributed by atoms with Crippen LogP contribution in [0.4, 0.5) is 4.39 Å². The first kappa shape index (κ1) is 10.9. The van der Waals surface area contributed by atoms with Gasteiger partial charge in [0.05, 0.1) is 0 Å². The van der Waals surface area contributed by atoms with Crippen LogP contribution in [0, 0.1) is 0 Å². The molecule has 0 amide bonds. The Kier molecular flexibility index (Phi) is 3.68. The normalized spacial score (nSPS) is 31.2. The number of hydrogen-bond donors (Lipinski definition) is 0. The molecule has 0 aromatic heterocycles. The zero-order valence-electron chi connectivity index (χ0n) is 9.02. The molecule has 0 N–H and O–H groups in total. The van der Waals surface area contributed by atoms with E-state index in [1.165, 1.54) is 0 Å². The molecule has 0 spiro atoms. The molecule has 0 unspecified atom stereocenters. The van der Waals surface area contributed by atoms with Gasteiger partial charge < -0.3 is 9.80 Å². The molecule has 1 atom stereocenters. The lowest BCUT2D eigenvalue weighted by molar-refractivity contribution is 0.0272. The summed E-state index contributed by atoms with van der Waals surface area (Å²) in [5.74, 6) is 0. The van der Waals surface area contributed by atoms with Gasteiger partial charge in [-0.25, -0.2) is 4.39 Å². The van der Waals surface area contributed by atoms with Gasteiger partial charge in [0, 0.05) is 13.1 Å². The van der Waals surface area contributed by atoms with Crippen LogP contribution < -0.4 is 0 Å². The lowest BCUT2D eigenvalue weighted by Gasteiger charge is -2.38. The SMILES string of the molecule is CCN1CCC[C@](F)(CN(C)C)C1. The van der Waals surface area contributed by atoms with Crippen LogP contribution >= 0.6 is 0 Å². The molecule has 1 fully saturated rings. The first-order valence-corrected chi connectivity index (χ1v) is 5.12. The standard InChI is InChI=1S/C10H21FN2/c1-4-13-7-5-6-10(11,9-13)8-12(2)3/h4-9H2,1-3H3/t10-/m0/s1. The summed E-state index contributed by atoms with van der Waals surface area (Å²) in [5.41, 5.74) is -0.974. The van der Waals surface area contributed by atoms with Crippen LogP contribution in [0.5, 0.6) is 0 Å². The Morgan fingerprint density at radius 2 is 2.15 bits per heavy atom. The second kappa shape index (κ2) is 4.38. The van der Waals surface area contributed by atoms with Gasteiger partial charge >= 0.3 is 0 Å². The molecule has 0 aromatic rings. The molecule has 1 aliphatic rings. The molecule has 13 heavy (non-hydrogen) atoms. The van der Waals surface area contributed by atoms with Crippen LogP contribution in [0.3, 0.4) is 0 Å². The van der Waals surface area contributed by atoms with Gasteiger partial charge in [0.1, 0.15) is 5.67 Å². The van der Waals surface area contributed by atoms with Crippen molar-refractivity contribution in [3.63, 3.8) is 0 Å². The minimum absolute atomic E-state index is 0.559. The molecular weight excluding hydrogens is 167 g/mol. The van der Waals surface area contributed by atoms with E-state index in [4.69, 9.17) is 0 Å². The number of rotatable bonds is 3. The van der Waals surface area contributed by atoms with Crippen molar-refractivity contribution in [1.29, 1.82) is 0 Å². The van der Waals surface area contributed by atoms with E-state index in [-0.39, 0.29) is 0 Å². The number of hydrogen-bond acceptors (Lipinski definition) is 2. The molecule has 0 aromatic carbocycles. The van der Waals surface area contributed by atoms with Crippen LogP contribution in [0.1, 0.15) is 19.8 Å². The monoisotopic (exact) mass is 188 g/mol. The van der Waals surface area contributed by atoms with E-state index in [0.29, 0.717) is 13.1 Å². The smallest absolute Gasteiger partial charge is 0.136 e. The van der Waals surface area contributed by atoms with E-state index in [9.17, 15) is 4.39 Å². The highest BCUT2D eigenvalue weighted by atomic mass is 19.1. The zero-order chi connectivity index (χ0) is 9.90. The number of piperidine rings is 1. The fourth-order valence-corrected chi connectivity index (χ4v) is 2.14. The van der Waals surface area contributed by atoms with Gasteiger partial charge in [-0.05, 0) is 40.0 Å². The van der Waals surface area contributed by atoms with Crippen molar-refractivity contribution in [3.05, 3.63) is 0 Å². The summed E-state index contributed by atoms with van der Waals surface area (Å²) in [7, 11) is 3.87. The Morgan fingerprint density at radius 1 is 1.46 bits per heavy atom. The van der Waals surface area contributed by atoms with Crippen molar-refractivity contribution in [2.45, 2.75) is 25.4 Å². The molecule has 78 valence electrons. The van der Waals surface area contributed by atoms with Gasteiger partial charge in [-0.1, -0.05) is 6.92 Å². The third-order valence-corrected chi connectivity index (χ3v) is 2.65. The molecule has 0 aliphatic carbocycles. The minimum Gasteiger partial charge on any atom is -0.306 e. The highest BCUT2D eigenvalue weighted by molar-refractivity contribution is 4.89. The molecule has 1 heterocycles. The van der Waals surface area contributed by atoms with E-state index >= 15 is 0 Å². The maximum Gasteiger partial charge on any atom is 0.136 e. The summed E-state index contributed by atoms with van der Waals surface area (Å²) < 4.78 is 14.2. The second-order valence-corrected chi connectivity index (χ2v) is 4.36. The van der Waals surface area contributed by atoms with Crippen LogP contribution in [-0.4, -0.2) is 55.7 Å². The van der Waals surface area contributed by atoms with E-state index in [2.05, 4.69) is 11.8 Å². The second-order valence-electron chi connectivity index (χ2n) is 4.36. The molecule has 0 bridgehead atoms. The summed E-state index contributed by atoms with van der Waals surface area (Å²) in [6, 6.07) is 0. The van der Waals surface area contributed by atoms with Gasteiger partial charge in [0.2, 0.25) is 0 Å². The maximum absolute atomic E-state index is 14.2. The van der Waals surface area contributed by atoms with Crippen LogP contribution in [0.15, 0.2) is 0 Å². The van der Waals surface area contributed by atoms with Gasteiger partial charge in [0.25, 0.3) is 0 Å². The van der Waals surface area contributed by atoms with Crippen molar-refractivity contribution in [1.82, 2.24) is 9.80 Å². The van der Waals surface area contributed by atoms with Gasteiger partial charge in [-0.3, -0.25) is 0 Å². The van der Waals surface area contributed by atoms with Crippen LogP contribution in [0.25, 0.3) is 0 Å². The number of likely N-dealkylation sites (tertiary alicyclic amines) is 1. The lowest BCUT2D eigenvalue weighted by atomic mass is 9.94. The van der Waals surface area contributed by atoms with Crippen molar-refractivity contribution in [2.75, 3.05) is 40.3 Å². The van der Waals surface area contributed by atoms with E-state index in [0.717, 1.165) is 25.9 Å². The Balaban J connectivity index is 2.47. The third-order valence-electron chi connectivity index (χ3n) is 2.65. The van der Waals surface area contributed by atoms with E-state index in [1.807, 2.05) is 19.0 Å². The van der Waals surface area contributed by atoms with Gasteiger partial charge in [-0.15, -0.1) is 0 Å². The Hall–Kier alpha value is -0.150. The van der Waals surface area contributed by atoms with Crippen molar-refractivity contribution < 1.29 is 4.39 Å². The summed E-state index contributed by atoms with van der Waals surface area (Å²) in [5, 5.41) is 0. The van der Waals surface area contributed by atoms with Crippen LogP contribution in [-0.2, 0) is 0 Å². The fraction of sp³-hybridized carbons (Fsp3) is 1.00. The molecule has 1 rings (SSSR count). The van der Waals surface area contributed by atoms with Crippen molar-refractivity contribution in [2.24, 2.45) is 0 Å². The molecular formula is C10H21FN2. The Morgan fingerprint density at radius 3 is 2.69 bits per heavy atom. The summed E-state index contributed by atoms with van der Waals surface area (Å²) in [6.45, 7) is 5.31. The number of nitrogens with zero attached hydrogens (tertiary/aromatic N) is 2. The van der Waals surface area contributed by atoms with Crippen molar-refractivity contribution >= 4 is 0 Å². The van der Waals surface area contributed by atoms with E-state index < -0.39 is 5.67 Å². The molecule has 0 saturated carbocycles. The van der Waals surface area contributed by atoms with Gasteiger partial charge in [0.15, 0.2) is 0 Å². The van der Waals surface area contributed by atoms with E-state index in [1.54, 1.807) is 0 Å². The minimum atomic E-state index is -0.974. The number of alkyl halides is 1. The average Bonchev–Trinajstić information content (AvgIpc) is 2.02. The molecule has 1 aliphatic heterocycles. The molecule has 1 saturated heterocycles. The quantitative estimate of drug-likeness (QED) is 0.660. The summed E-state index contributed by atoms with van der Waals surface area (Å²) in [4.78, 5) is 4.14. The zero-order valence-corrected chi connectivity index (χ0v) is 9.02. The third kappa shape index (κ3) is 3.24. The maximum atomic E-state index is 14.2. The largest absolute Gasteiger partial charge is 0.306 e. The molecule has 0 radical (unpaired) electrons. The first-order chi connectivity index (χ1) is 6.06. The lowest BCUT2D eigenvalue weighted by Crippen LogP contribution is -2.50. The Labute approximate surface area is 80.7 Å².